The minimum absolute atomic E-state index is 0.0989. The molecule has 4 nitrogen and oxygen atoms in total. The van der Waals surface area contributed by atoms with Crippen LogP contribution >= 0.6 is 0 Å². The highest BCUT2D eigenvalue weighted by atomic mass is 16.6. The van der Waals surface area contributed by atoms with Crippen LogP contribution in [0.15, 0.2) is 0 Å². The molecule has 4 heteroatoms. The molecule has 0 spiro atoms. The van der Waals surface area contributed by atoms with E-state index in [9.17, 15) is 4.79 Å². The van der Waals surface area contributed by atoms with Gasteiger partial charge in [0.05, 0.1) is 0 Å². The lowest BCUT2D eigenvalue weighted by Crippen LogP contribution is -2.45. The third-order valence-corrected chi connectivity index (χ3v) is 3.08. The molecule has 1 aliphatic rings. The zero-order valence-corrected chi connectivity index (χ0v) is 12.2. The fraction of sp³-hybridized carbons (Fsp3) is 0.929. The topological polar surface area (TPSA) is 50.4 Å². The Bertz CT molecular complexity index is 255. The maximum atomic E-state index is 11.6. The first kappa shape index (κ1) is 15.3. The van der Waals surface area contributed by atoms with Gasteiger partial charge in [-0.05, 0) is 40.5 Å². The van der Waals surface area contributed by atoms with E-state index in [0.717, 1.165) is 6.54 Å². The Hall–Kier alpha value is -0.770. The van der Waals surface area contributed by atoms with Gasteiger partial charge in [0.25, 0.3) is 0 Å². The van der Waals surface area contributed by atoms with Gasteiger partial charge in [-0.25, -0.2) is 4.79 Å². The first-order chi connectivity index (χ1) is 8.37. The average Bonchev–Trinajstić information content (AvgIpc) is 2.25. The second kappa shape index (κ2) is 6.98. The van der Waals surface area contributed by atoms with Crippen molar-refractivity contribution in [1.29, 1.82) is 0 Å². The molecule has 0 aliphatic heterocycles. The Kier molecular flexibility index (Phi) is 5.93. The van der Waals surface area contributed by atoms with E-state index in [0.29, 0.717) is 6.04 Å². The Morgan fingerprint density at radius 3 is 2.44 bits per heavy atom. The van der Waals surface area contributed by atoms with Gasteiger partial charge in [-0.15, -0.1) is 0 Å². The minimum Gasteiger partial charge on any atom is -0.444 e. The Labute approximate surface area is 111 Å². The summed E-state index contributed by atoms with van der Waals surface area (Å²) in [5.41, 5.74) is -0.430. The van der Waals surface area contributed by atoms with E-state index >= 15 is 0 Å². The molecule has 1 atom stereocenters. The lowest BCUT2D eigenvalue weighted by molar-refractivity contribution is 0.0507. The molecule has 18 heavy (non-hydrogen) atoms. The predicted molar refractivity (Wildman–Crippen MR) is 73.7 cm³/mol. The van der Waals surface area contributed by atoms with Gasteiger partial charge >= 0.3 is 6.09 Å². The van der Waals surface area contributed by atoms with E-state index in [1.165, 1.54) is 32.1 Å². The maximum absolute atomic E-state index is 11.6. The maximum Gasteiger partial charge on any atom is 0.407 e. The molecule has 0 saturated heterocycles. The molecule has 0 radical (unpaired) electrons. The summed E-state index contributed by atoms with van der Waals surface area (Å²) >= 11 is 0. The number of amides is 1. The Morgan fingerprint density at radius 1 is 1.28 bits per heavy atom. The van der Waals surface area contributed by atoms with Gasteiger partial charge in [0.15, 0.2) is 0 Å². The monoisotopic (exact) mass is 256 g/mol. The normalized spacial score (nSPS) is 19.3. The zero-order valence-electron chi connectivity index (χ0n) is 12.2. The molecule has 1 fully saturated rings. The van der Waals surface area contributed by atoms with Crippen molar-refractivity contribution in [2.45, 2.75) is 77.5 Å². The fourth-order valence-corrected chi connectivity index (χ4v) is 2.21. The number of alkyl carbamates (subject to hydrolysis) is 1. The van der Waals surface area contributed by atoms with E-state index < -0.39 is 5.60 Å². The largest absolute Gasteiger partial charge is 0.444 e. The molecule has 0 aromatic heterocycles. The molecule has 1 rings (SSSR count). The molecule has 0 aromatic rings. The van der Waals surface area contributed by atoms with Crippen LogP contribution in [0.25, 0.3) is 0 Å². The molecule has 1 unspecified atom stereocenters. The van der Waals surface area contributed by atoms with E-state index in [1.54, 1.807) is 0 Å². The molecule has 0 heterocycles. The SMILES string of the molecule is CC(CNC1CCCCC1)NC(=O)OC(C)(C)C. The number of rotatable bonds is 4. The van der Waals surface area contributed by atoms with Crippen LogP contribution < -0.4 is 10.6 Å². The number of carbonyl (C=O) groups is 1. The lowest BCUT2D eigenvalue weighted by atomic mass is 9.95. The van der Waals surface area contributed by atoms with Crippen molar-refractivity contribution in [3.63, 3.8) is 0 Å². The van der Waals surface area contributed by atoms with E-state index in [2.05, 4.69) is 10.6 Å². The quantitative estimate of drug-likeness (QED) is 0.813. The highest BCUT2D eigenvalue weighted by Crippen LogP contribution is 2.17. The van der Waals surface area contributed by atoms with Crippen LogP contribution in [-0.2, 0) is 4.74 Å². The summed E-state index contributed by atoms with van der Waals surface area (Å²) < 4.78 is 5.22. The summed E-state index contributed by atoms with van der Waals surface area (Å²) in [7, 11) is 0. The van der Waals surface area contributed by atoms with Crippen LogP contribution in [0.3, 0.4) is 0 Å². The van der Waals surface area contributed by atoms with Gasteiger partial charge in [0.1, 0.15) is 5.60 Å². The standard InChI is InChI=1S/C14H28N2O2/c1-11(16-13(17)18-14(2,3)4)10-15-12-8-6-5-7-9-12/h11-12,15H,5-10H2,1-4H3,(H,16,17). The third-order valence-electron chi connectivity index (χ3n) is 3.08. The van der Waals surface area contributed by atoms with Crippen LogP contribution in [0, 0.1) is 0 Å². The molecule has 1 aliphatic carbocycles. The Morgan fingerprint density at radius 2 is 1.89 bits per heavy atom. The summed E-state index contributed by atoms with van der Waals surface area (Å²) in [4.78, 5) is 11.6. The van der Waals surface area contributed by atoms with Crippen molar-refractivity contribution in [3.05, 3.63) is 0 Å². The van der Waals surface area contributed by atoms with Gasteiger partial charge in [0, 0.05) is 18.6 Å². The average molecular weight is 256 g/mol. The third kappa shape index (κ3) is 6.84. The van der Waals surface area contributed by atoms with Crippen LogP contribution in [-0.4, -0.2) is 30.3 Å². The summed E-state index contributed by atoms with van der Waals surface area (Å²) in [5, 5.41) is 6.37. The van der Waals surface area contributed by atoms with Gasteiger partial charge in [0.2, 0.25) is 0 Å². The highest BCUT2D eigenvalue weighted by molar-refractivity contribution is 5.68. The van der Waals surface area contributed by atoms with Crippen LogP contribution in [0.2, 0.25) is 0 Å². The van der Waals surface area contributed by atoms with Crippen molar-refractivity contribution in [1.82, 2.24) is 10.6 Å². The summed E-state index contributed by atoms with van der Waals surface area (Å²) in [6, 6.07) is 0.725. The summed E-state index contributed by atoms with van der Waals surface area (Å²) in [5.74, 6) is 0. The molecular weight excluding hydrogens is 228 g/mol. The molecule has 106 valence electrons. The number of hydrogen-bond acceptors (Lipinski definition) is 3. The van der Waals surface area contributed by atoms with Gasteiger partial charge in [-0.1, -0.05) is 19.3 Å². The second-order valence-electron chi connectivity index (χ2n) is 6.29. The molecular formula is C14H28N2O2. The molecule has 1 amide bonds. The van der Waals surface area contributed by atoms with Crippen molar-refractivity contribution < 1.29 is 9.53 Å². The highest BCUT2D eigenvalue weighted by Gasteiger charge is 2.18. The number of carbonyl (C=O) groups excluding carboxylic acids is 1. The van der Waals surface area contributed by atoms with Gasteiger partial charge in [-0.2, -0.15) is 0 Å². The van der Waals surface area contributed by atoms with Crippen molar-refractivity contribution in [2.24, 2.45) is 0 Å². The first-order valence-corrected chi connectivity index (χ1v) is 7.10. The van der Waals surface area contributed by atoms with Crippen LogP contribution in [0.5, 0.6) is 0 Å². The van der Waals surface area contributed by atoms with Crippen LogP contribution in [0.4, 0.5) is 4.79 Å². The predicted octanol–water partition coefficient (Wildman–Crippen LogP) is 2.82. The second-order valence-corrected chi connectivity index (χ2v) is 6.29. The minimum atomic E-state index is -0.430. The van der Waals surface area contributed by atoms with E-state index in [-0.39, 0.29) is 12.1 Å². The van der Waals surface area contributed by atoms with Gasteiger partial charge < -0.3 is 15.4 Å². The number of nitrogens with one attached hydrogen (secondary N) is 2. The Balaban J connectivity index is 2.16. The lowest BCUT2D eigenvalue weighted by Gasteiger charge is -2.26. The van der Waals surface area contributed by atoms with Crippen molar-refractivity contribution in [3.8, 4) is 0 Å². The van der Waals surface area contributed by atoms with Gasteiger partial charge in [-0.3, -0.25) is 0 Å². The van der Waals surface area contributed by atoms with E-state index in [1.807, 2.05) is 27.7 Å². The smallest absolute Gasteiger partial charge is 0.407 e. The van der Waals surface area contributed by atoms with Crippen molar-refractivity contribution in [2.75, 3.05) is 6.54 Å². The molecule has 2 N–H and O–H groups in total. The van der Waals surface area contributed by atoms with E-state index in [4.69, 9.17) is 4.74 Å². The van der Waals surface area contributed by atoms with Crippen molar-refractivity contribution >= 4 is 6.09 Å². The molecule has 1 saturated carbocycles. The van der Waals surface area contributed by atoms with Crippen LogP contribution in [0.1, 0.15) is 59.8 Å². The molecule has 0 bridgehead atoms. The summed E-state index contributed by atoms with van der Waals surface area (Å²) in [6.07, 6.45) is 6.21. The zero-order chi connectivity index (χ0) is 13.6. The fourth-order valence-electron chi connectivity index (χ4n) is 2.21. The first-order valence-electron chi connectivity index (χ1n) is 7.10. The summed E-state index contributed by atoms with van der Waals surface area (Å²) in [6.45, 7) is 8.43. The number of ether oxygens (including phenoxy) is 1. The molecule has 0 aromatic carbocycles. The number of hydrogen-bond donors (Lipinski definition) is 2.